The topological polar surface area (TPSA) is 116 Å². The number of carboxylic acids is 2. The number of hydrogen-bond acceptors (Lipinski definition) is 6. The first-order valence-electron chi connectivity index (χ1n) is 7.26. The minimum atomic E-state index is -1.09. The molecule has 0 bridgehead atoms. The number of aliphatic carboxylic acids is 1. The smallest absolute Gasteiger partial charge is 0.356 e. The van der Waals surface area contributed by atoms with Crippen molar-refractivity contribution in [1.29, 1.82) is 0 Å². The molecule has 2 saturated heterocycles. The Labute approximate surface area is 127 Å². The normalized spacial score (nSPS) is 23.6. The maximum atomic E-state index is 11.1. The van der Waals surface area contributed by atoms with Gasteiger partial charge in [-0.2, -0.15) is 0 Å². The number of carbonyl (C=O) groups is 2. The fraction of sp³-hybridized carbons (Fsp3) is 0.571. The lowest BCUT2D eigenvalue weighted by molar-refractivity contribution is -0.139. The average Bonchev–Trinajstić information content (AvgIpc) is 2.92. The molecule has 0 saturated carbocycles. The highest BCUT2D eigenvalue weighted by atomic mass is 16.4. The summed E-state index contributed by atoms with van der Waals surface area (Å²) in [6.45, 7) is 2.18. The molecule has 1 atom stereocenters. The zero-order valence-corrected chi connectivity index (χ0v) is 12.0. The van der Waals surface area contributed by atoms with Gasteiger partial charge in [-0.05, 0) is 24.7 Å². The van der Waals surface area contributed by atoms with E-state index in [0.717, 1.165) is 32.5 Å². The molecule has 1 spiro atoms. The number of rotatable bonds is 3. The largest absolute Gasteiger partial charge is 0.480 e. The number of nitrogens with zero attached hydrogens (tertiary/aromatic N) is 3. The highest BCUT2D eigenvalue weighted by Gasteiger charge is 2.43. The molecule has 2 fully saturated rings. The Morgan fingerprint density at radius 1 is 1.27 bits per heavy atom. The van der Waals surface area contributed by atoms with Crippen LogP contribution in [0.5, 0.6) is 0 Å². The van der Waals surface area contributed by atoms with Crippen molar-refractivity contribution in [2.75, 3.05) is 24.5 Å². The van der Waals surface area contributed by atoms with Crippen molar-refractivity contribution >= 4 is 17.8 Å². The van der Waals surface area contributed by atoms with Crippen LogP contribution in [0, 0.1) is 5.41 Å². The molecule has 3 rings (SSSR count). The van der Waals surface area contributed by atoms with Crippen LogP contribution in [0.15, 0.2) is 12.4 Å². The second-order valence-electron chi connectivity index (χ2n) is 6.03. The molecule has 1 unspecified atom stereocenters. The minimum absolute atomic E-state index is 0.0252. The number of anilines is 1. The summed E-state index contributed by atoms with van der Waals surface area (Å²) in [4.78, 5) is 32.1. The van der Waals surface area contributed by atoms with Crippen LogP contribution >= 0.6 is 0 Å². The van der Waals surface area contributed by atoms with E-state index in [0.29, 0.717) is 12.2 Å². The van der Waals surface area contributed by atoms with Crippen LogP contribution < -0.4 is 10.2 Å². The molecular weight excluding hydrogens is 288 g/mol. The predicted molar refractivity (Wildman–Crippen MR) is 76.9 cm³/mol. The van der Waals surface area contributed by atoms with Crippen LogP contribution in [-0.4, -0.2) is 57.8 Å². The third-order valence-corrected chi connectivity index (χ3v) is 4.65. The van der Waals surface area contributed by atoms with Crippen molar-refractivity contribution in [3.63, 3.8) is 0 Å². The molecule has 0 amide bonds. The summed E-state index contributed by atoms with van der Waals surface area (Å²) in [5, 5.41) is 21.1. The number of nitrogens with one attached hydrogen (secondary N) is 1. The van der Waals surface area contributed by atoms with Gasteiger partial charge in [0.1, 0.15) is 11.9 Å². The van der Waals surface area contributed by atoms with Gasteiger partial charge in [0.2, 0.25) is 0 Å². The Morgan fingerprint density at radius 3 is 2.59 bits per heavy atom. The number of aromatic nitrogens is 2. The van der Waals surface area contributed by atoms with Gasteiger partial charge in [-0.15, -0.1) is 0 Å². The van der Waals surface area contributed by atoms with Gasteiger partial charge in [0, 0.05) is 19.6 Å². The number of aromatic carboxylic acids is 1. The molecular formula is C14H18N4O4. The van der Waals surface area contributed by atoms with E-state index < -0.39 is 18.0 Å². The third kappa shape index (κ3) is 2.74. The van der Waals surface area contributed by atoms with E-state index in [9.17, 15) is 9.59 Å². The lowest BCUT2D eigenvalue weighted by atomic mass is 9.76. The molecule has 0 radical (unpaired) electrons. The molecule has 0 aliphatic carbocycles. The highest BCUT2D eigenvalue weighted by Crippen LogP contribution is 2.40. The Morgan fingerprint density at radius 2 is 2.00 bits per heavy atom. The summed E-state index contributed by atoms with van der Waals surface area (Å²) in [6, 6.07) is -0.457. The van der Waals surface area contributed by atoms with E-state index in [1.165, 1.54) is 6.20 Å². The fourth-order valence-corrected chi connectivity index (χ4v) is 3.29. The van der Waals surface area contributed by atoms with Gasteiger partial charge in [-0.1, -0.05) is 0 Å². The summed E-state index contributed by atoms with van der Waals surface area (Å²) in [7, 11) is 0. The lowest BCUT2D eigenvalue weighted by Crippen LogP contribution is -2.41. The van der Waals surface area contributed by atoms with Crippen molar-refractivity contribution in [2.45, 2.75) is 25.3 Å². The van der Waals surface area contributed by atoms with Crippen LogP contribution in [-0.2, 0) is 4.79 Å². The van der Waals surface area contributed by atoms with Crippen LogP contribution in [0.25, 0.3) is 0 Å². The van der Waals surface area contributed by atoms with Gasteiger partial charge in [0.15, 0.2) is 5.69 Å². The molecule has 3 heterocycles. The molecule has 1 aromatic rings. The molecule has 0 aromatic carbocycles. The lowest BCUT2D eigenvalue weighted by Gasteiger charge is -2.39. The SMILES string of the molecule is O=C(O)c1cncc(N2CCC3(CC2)CNC(C(=O)O)C3)n1. The van der Waals surface area contributed by atoms with Gasteiger partial charge in [0.05, 0.1) is 12.4 Å². The zero-order valence-electron chi connectivity index (χ0n) is 12.0. The molecule has 1 aromatic heterocycles. The summed E-state index contributed by atoms with van der Waals surface area (Å²) in [5.41, 5.74) is -0.0385. The predicted octanol–water partition coefficient (Wildman–Crippen LogP) is 0.208. The van der Waals surface area contributed by atoms with E-state index in [-0.39, 0.29) is 11.1 Å². The molecule has 8 heteroatoms. The molecule has 118 valence electrons. The number of carboxylic acid groups (broad SMARTS) is 2. The van der Waals surface area contributed by atoms with Crippen molar-refractivity contribution < 1.29 is 19.8 Å². The first-order valence-corrected chi connectivity index (χ1v) is 7.26. The van der Waals surface area contributed by atoms with Crippen LogP contribution in [0.4, 0.5) is 5.82 Å². The van der Waals surface area contributed by atoms with Gasteiger partial charge < -0.3 is 20.4 Å². The van der Waals surface area contributed by atoms with Gasteiger partial charge in [-0.25, -0.2) is 9.78 Å². The molecule has 22 heavy (non-hydrogen) atoms. The minimum Gasteiger partial charge on any atom is -0.480 e. The third-order valence-electron chi connectivity index (χ3n) is 4.65. The number of piperidine rings is 1. The molecule has 2 aliphatic heterocycles. The zero-order chi connectivity index (χ0) is 15.7. The first-order chi connectivity index (χ1) is 10.5. The van der Waals surface area contributed by atoms with Crippen LogP contribution in [0.2, 0.25) is 0 Å². The van der Waals surface area contributed by atoms with Gasteiger partial charge in [-0.3, -0.25) is 9.78 Å². The van der Waals surface area contributed by atoms with E-state index >= 15 is 0 Å². The van der Waals surface area contributed by atoms with Crippen LogP contribution in [0.1, 0.15) is 29.8 Å². The first kappa shape index (κ1) is 14.7. The fourth-order valence-electron chi connectivity index (χ4n) is 3.29. The Hall–Kier alpha value is -2.22. The van der Waals surface area contributed by atoms with Crippen molar-refractivity contribution in [2.24, 2.45) is 5.41 Å². The summed E-state index contributed by atoms with van der Waals surface area (Å²) < 4.78 is 0. The summed E-state index contributed by atoms with van der Waals surface area (Å²) in [5.74, 6) is -1.32. The second-order valence-corrected chi connectivity index (χ2v) is 6.03. The molecule has 3 N–H and O–H groups in total. The van der Waals surface area contributed by atoms with E-state index in [1.54, 1.807) is 6.20 Å². The van der Waals surface area contributed by atoms with E-state index in [1.807, 2.05) is 4.90 Å². The van der Waals surface area contributed by atoms with Crippen molar-refractivity contribution in [3.8, 4) is 0 Å². The quantitative estimate of drug-likeness (QED) is 0.725. The Bertz CT molecular complexity index is 598. The monoisotopic (exact) mass is 306 g/mol. The van der Waals surface area contributed by atoms with E-state index in [2.05, 4.69) is 15.3 Å². The second kappa shape index (κ2) is 5.53. The summed E-state index contributed by atoms with van der Waals surface area (Å²) in [6.07, 6.45) is 5.18. The molecule has 8 nitrogen and oxygen atoms in total. The van der Waals surface area contributed by atoms with Gasteiger partial charge in [0.25, 0.3) is 0 Å². The van der Waals surface area contributed by atoms with E-state index in [4.69, 9.17) is 10.2 Å². The summed E-state index contributed by atoms with van der Waals surface area (Å²) >= 11 is 0. The van der Waals surface area contributed by atoms with Crippen LogP contribution in [0.3, 0.4) is 0 Å². The van der Waals surface area contributed by atoms with Gasteiger partial charge >= 0.3 is 11.9 Å². The highest BCUT2D eigenvalue weighted by molar-refractivity contribution is 5.85. The van der Waals surface area contributed by atoms with Crippen molar-refractivity contribution in [1.82, 2.24) is 15.3 Å². The van der Waals surface area contributed by atoms with Crippen molar-refractivity contribution in [3.05, 3.63) is 18.1 Å². The Kier molecular flexibility index (Phi) is 3.69. The maximum Gasteiger partial charge on any atom is 0.356 e. The Balaban J connectivity index is 1.66. The average molecular weight is 306 g/mol. The molecule has 2 aliphatic rings. The maximum absolute atomic E-state index is 11.1. The standard InChI is InChI=1S/C14H18N4O4/c19-12(20)9-5-14(8-16-9)1-3-18(4-2-14)11-7-15-6-10(17-11)13(21)22/h6-7,9,16H,1-5,8H2,(H,19,20)(H,21,22). The number of hydrogen-bond donors (Lipinski definition) is 3.